The summed E-state index contributed by atoms with van der Waals surface area (Å²) in [5.41, 5.74) is 0. The lowest BCUT2D eigenvalue weighted by Gasteiger charge is -2.27. The van der Waals surface area contributed by atoms with Gasteiger partial charge < -0.3 is 15.2 Å². The van der Waals surface area contributed by atoms with Crippen molar-refractivity contribution >= 4 is 0 Å². The molecule has 1 aliphatic carbocycles. The van der Waals surface area contributed by atoms with Crippen molar-refractivity contribution in [3.8, 4) is 0 Å². The lowest BCUT2D eigenvalue weighted by atomic mass is 9.89. The maximum atomic E-state index is 9.68. The molecule has 0 radical (unpaired) electrons. The van der Waals surface area contributed by atoms with Gasteiger partial charge in [0.05, 0.1) is 18.8 Å². The Labute approximate surface area is 99.6 Å². The zero-order valence-electron chi connectivity index (χ0n) is 10.7. The van der Waals surface area contributed by atoms with Gasteiger partial charge in [0.1, 0.15) is 0 Å². The molecule has 0 aromatic rings. The first kappa shape index (κ1) is 13.9. The van der Waals surface area contributed by atoms with Gasteiger partial charge in [-0.1, -0.05) is 26.7 Å². The SMILES string of the molecule is CCCNCC(O)COC1CCCC(C)C1. The van der Waals surface area contributed by atoms with E-state index in [2.05, 4.69) is 19.2 Å². The predicted octanol–water partition coefficient (Wildman–Crippen LogP) is 1.94. The second-order valence-electron chi connectivity index (χ2n) is 5.09. The normalized spacial score (nSPS) is 27.9. The zero-order chi connectivity index (χ0) is 11.8. The molecule has 1 rings (SSSR count). The molecule has 3 nitrogen and oxygen atoms in total. The quantitative estimate of drug-likeness (QED) is 0.656. The molecule has 16 heavy (non-hydrogen) atoms. The van der Waals surface area contributed by atoms with E-state index in [-0.39, 0.29) is 6.10 Å². The standard InChI is InChI=1S/C13H27NO2/c1-3-7-14-9-12(15)10-16-13-6-4-5-11(2)8-13/h11-15H,3-10H2,1-2H3. The largest absolute Gasteiger partial charge is 0.389 e. The van der Waals surface area contributed by atoms with E-state index >= 15 is 0 Å². The Kier molecular flexibility index (Phi) is 7.01. The van der Waals surface area contributed by atoms with Crippen LogP contribution in [0.5, 0.6) is 0 Å². The Morgan fingerprint density at radius 1 is 1.44 bits per heavy atom. The molecule has 0 aromatic heterocycles. The molecule has 0 heterocycles. The van der Waals surface area contributed by atoms with Gasteiger partial charge in [0.15, 0.2) is 0 Å². The van der Waals surface area contributed by atoms with Crippen molar-refractivity contribution in [3.63, 3.8) is 0 Å². The highest BCUT2D eigenvalue weighted by atomic mass is 16.5. The summed E-state index contributed by atoms with van der Waals surface area (Å²) in [6, 6.07) is 0. The Bertz CT molecular complexity index is 175. The summed E-state index contributed by atoms with van der Waals surface area (Å²) in [5, 5.41) is 12.9. The van der Waals surface area contributed by atoms with Gasteiger partial charge in [0.25, 0.3) is 0 Å². The van der Waals surface area contributed by atoms with Crippen molar-refractivity contribution in [2.45, 2.75) is 58.2 Å². The minimum Gasteiger partial charge on any atom is -0.389 e. The Morgan fingerprint density at radius 3 is 2.94 bits per heavy atom. The van der Waals surface area contributed by atoms with E-state index in [1.54, 1.807) is 0 Å². The molecule has 1 saturated carbocycles. The van der Waals surface area contributed by atoms with Gasteiger partial charge in [0.2, 0.25) is 0 Å². The van der Waals surface area contributed by atoms with Crippen molar-refractivity contribution in [3.05, 3.63) is 0 Å². The monoisotopic (exact) mass is 229 g/mol. The summed E-state index contributed by atoms with van der Waals surface area (Å²) in [4.78, 5) is 0. The predicted molar refractivity (Wildman–Crippen MR) is 66.5 cm³/mol. The van der Waals surface area contributed by atoms with Crippen LogP contribution in [0.1, 0.15) is 46.0 Å². The fourth-order valence-electron chi connectivity index (χ4n) is 2.28. The van der Waals surface area contributed by atoms with Gasteiger partial charge in [-0.25, -0.2) is 0 Å². The highest BCUT2D eigenvalue weighted by Crippen LogP contribution is 2.25. The minimum atomic E-state index is -0.358. The van der Waals surface area contributed by atoms with E-state index in [4.69, 9.17) is 4.74 Å². The van der Waals surface area contributed by atoms with Crippen molar-refractivity contribution in [1.29, 1.82) is 0 Å². The van der Waals surface area contributed by atoms with E-state index in [9.17, 15) is 5.11 Å². The van der Waals surface area contributed by atoms with Crippen LogP contribution in [0.15, 0.2) is 0 Å². The fourth-order valence-corrected chi connectivity index (χ4v) is 2.28. The second kappa shape index (κ2) is 8.04. The number of hydrogen-bond donors (Lipinski definition) is 2. The summed E-state index contributed by atoms with van der Waals surface area (Å²) < 4.78 is 5.76. The number of hydrogen-bond acceptors (Lipinski definition) is 3. The van der Waals surface area contributed by atoms with Crippen LogP contribution in [0.3, 0.4) is 0 Å². The molecule has 0 aromatic carbocycles. The third-order valence-corrected chi connectivity index (χ3v) is 3.22. The molecule has 1 aliphatic rings. The maximum absolute atomic E-state index is 9.68. The number of ether oxygens (including phenoxy) is 1. The van der Waals surface area contributed by atoms with Crippen LogP contribution in [0.4, 0.5) is 0 Å². The van der Waals surface area contributed by atoms with Crippen molar-refractivity contribution < 1.29 is 9.84 Å². The zero-order valence-corrected chi connectivity index (χ0v) is 10.7. The highest BCUT2D eigenvalue weighted by Gasteiger charge is 2.19. The average molecular weight is 229 g/mol. The molecule has 96 valence electrons. The first-order valence-corrected chi connectivity index (χ1v) is 6.72. The summed E-state index contributed by atoms with van der Waals surface area (Å²) >= 11 is 0. The maximum Gasteiger partial charge on any atom is 0.0897 e. The van der Waals surface area contributed by atoms with Gasteiger partial charge in [-0.2, -0.15) is 0 Å². The second-order valence-corrected chi connectivity index (χ2v) is 5.09. The first-order valence-electron chi connectivity index (χ1n) is 6.72. The van der Waals surface area contributed by atoms with E-state index < -0.39 is 0 Å². The van der Waals surface area contributed by atoms with Crippen LogP contribution in [0, 0.1) is 5.92 Å². The minimum absolute atomic E-state index is 0.358. The van der Waals surface area contributed by atoms with Gasteiger partial charge in [0, 0.05) is 6.54 Å². The molecule has 3 heteroatoms. The molecule has 3 unspecified atom stereocenters. The average Bonchev–Trinajstić information content (AvgIpc) is 2.27. The van der Waals surface area contributed by atoms with E-state index in [0.717, 1.165) is 25.3 Å². The first-order chi connectivity index (χ1) is 7.72. The van der Waals surface area contributed by atoms with Crippen LogP contribution in [-0.2, 0) is 4.74 Å². The van der Waals surface area contributed by atoms with Gasteiger partial charge in [-0.15, -0.1) is 0 Å². The topological polar surface area (TPSA) is 41.5 Å². The lowest BCUT2D eigenvalue weighted by molar-refractivity contribution is -0.0305. The van der Waals surface area contributed by atoms with E-state index in [0.29, 0.717) is 19.3 Å². The molecule has 0 spiro atoms. The van der Waals surface area contributed by atoms with Crippen LogP contribution in [0.2, 0.25) is 0 Å². The Balaban J connectivity index is 2.04. The molecule has 0 amide bonds. The third-order valence-electron chi connectivity index (χ3n) is 3.22. The van der Waals surface area contributed by atoms with Gasteiger partial charge >= 0.3 is 0 Å². The summed E-state index contributed by atoms with van der Waals surface area (Å²) in [6.45, 7) is 6.51. The number of rotatable bonds is 7. The van der Waals surface area contributed by atoms with Crippen LogP contribution in [-0.4, -0.2) is 37.0 Å². The van der Waals surface area contributed by atoms with Crippen molar-refractivity contribution in [1.82, 2.24) is 5.32 Å². The molecule has 2 N–H and O–H groups in total. The van der Waals surface area contributed by atoms with E-state index in [1.807, 2.05) is 0 Å². The lowest BCUT2D eigenvalue weighted by Crippen LogP contribution is -2.33. The number of aliphatic hydroxyl groups is 1. The third kappa shape index (κ3) is 5.83. The van der Waals surface area contributed by atoms with E-state index in [1.165, 1.54) is 19.3 Å². The van der Waals surface area contributed by atoms with Gasteiger partial charge in [-0.3, -0.25) is 0 Å². The summed E-state index contributed by atoms with van der Waals surface area (Å²) in [7, 11) is 0. The fraction of sp³-hybridized carbons (Fsp3) is 1.00. The Morgan fingerprint density at radius 2 is 2.25 bits per heavy atom. The van der Waals surface area contributed by atoms with Crippen molar-refractivity contribution in [2.24, 2.45) is 5.92 Å². The summed E-state index contributed by atoms with van der Waals surface area (Å²) in [6.07, 6.45) is 6.06. The summed E-state index contributed by atoms with van der Waals surface area (Å²) in [5.74, 6) is 0.786. The molecule has 0 bridgehead atoms. The molecule has 3 atom stereocenters. The van der Waals surface area contributed by atoms with Crippen LogP contribution < -0.4 is 5.32 Å². The molecular formula is C13H27NO2. The van der Waals surface area contributed by atoms with Crippen LogP contribution >= 0.6 is 0 Å². The van der Waals surface area contributed by atoms with Crippen molar-refractivity contribution in [2.75, 3.05) is 19.7 Å². The molecule has 0 aliphatic heterocycles. The van der Waals surface area contributed by atoms with Crippen LogP contribution in [0.25, 0.3) is 0 Å². The molecule has 0 saturated heterocycles. The molecule has 1 fully saturated rings. The van der Waals surface area contributed by atoms with Gasteiger partial charge in [-0.05, 0) is 31.7 Å². The highest BCUT2D eigenvalue weighted by molar-refractivity contribution is 4.71. The number of aliphatic hydroxyl groups excluding tert-OH is 1. The smallest absolute Gasteiger partial charge is 0.0897 e. The molecular weight excluding hydrogens is 202 g/mol. The Hall–Kier alpha value is -0.120. The number of nitrogens with one attached hydrogen (secondary N) is 1.